The third kappa shape index (κ3) is 2.79. The summed E-state index contributed by atoms with van der Waals surface area (Å²) in [5.41, 5.74) is 5.77. The zero-order valence-electron chi connectivity index (χ0n) is 10.3. The smallest absolute Gasteiger partial charge is 0.254 e. The van der Waals surface area contributed by atoms with E-state index in [0.717, 1.165) is 19.1 Å². The van der Waals surface area contributed by atoms with Gasteiger partial charge in [0, 0.05) is 24.3 Å². The van der Waals surface area contributed by atoms with Gasteiger partial charge in [-0.1, -0.05) is 0 Å². The maximum absolute atomic E-state index is 13.6. The van der Waals surface area contributed by atoms with Gasteiger partial charge in [-0.25, -0.2) is 4.39 Å². The van der Waals surface area contributed by atoms with Gasteiger partial charge in [-0.2, -0.15) is 0 Å². The van der Waals surface area contributed by atoms with Crippen LogP contribution in [0.2, 0.25) is 0 Å². The van der Waals surface area contributed by atoms with Crippen LogP contribution in [0.4, 0.5) is 10.1 Å². The van der Waals surface area contributed by atoms with E-state index < -0.39 is 11.7 Å². The van der Waals surface area contributed by atoms with Crippen molar-refractivity contribution in [1.29, 1.82) is 0 Å². The number of anilines is 1. The topological polar surface area (TPSA) is 64.4 Å². The van der Waals surface area contributed by atoms with Gasteiger partial charge in [0.05, 0.1) is 12.2 Å². The van der Waals surface area contributed by atoms with Crippen molar-refractivity contribution < 1.29 is 13.9 Å². The molecule has 1 fully saturated rings. The summed E-state index contributed by atoms with van der Waals surface area (Å²) in [5.74, 6) is -0.708. The minimum atomic E-state index is -0.595. The fraction of sp³-hybridized carbons (Fsp3) is 0.462. The molecule has 1 aromatic carbocycles. The number of nitrogens with one attached hydrogen (secondary N) is 1. The van der Waals surface area contributed by atoms with E-state index in [9.17, 15) is 9.18 Å². The lowest BCUT2D eigenvalue weighted by Crippen LogP contribution is -2.38. The van der Waals surface area contributed by atoms with Gasteiger partial charge in [0.25, 0.3) is 5.91 Å². The van der Waals surface area contributed by atoms with E-state index in [4.69, 9.17) is 10.5 Å². The standard InChI is InChI=1S/C13H17FN2O2/c1-8(9-4-5-18-7-9)16-13(17)11-3-2-10(15)6-12(11)14/h2-3,6,8-9H,4-5,7,15H2,1H3,(H,16,17). The van der Waals surface area contributed by atoms with E-state index in [1.165, 1.54) is 12.1 Å². The van der Waals surface area contributed by atoms with E-state index in [0.29, 0.717) is 18.2 Å². The molecule has 2 atom stereocenters. The normalized spacial score (nSPS) is 20.7. The Hall–Kier alpha value is -1.62. The van der Waals surface area contributed by atoms with E-state index in [1.807, 2.05) is 6.92 Å². The molecular formula is C13H17FN2O2. The average Bonchev–Trinajstić information content (AvgIpc) is 2.81. The Bertz CT molecular complexity index is 445. The molecule has 18 heavy (non-hydrogen) atoms. The van der Waals surface area contributed by atoms with Gasteiger partial charge in [-0.3, -0.25) is 4.79 Å². The molecule has 1 heterocycles. The molecule has 0 spiro atoms. The van der Waals surface area contributed by atoms with Crippen molar-refractivity contribution in [2.24, 2.45) is 5.92 Å². The Morgan fingerprint density at radius 3 is 3.00 bits per heavy atom. The second kappa shape index (κ2) is 5.35. The lowest BCUT2D eigenvalue weighted by molar-refractivity contribution is 0.0918. The first kappa shape index (κ1) is 12.8. The number of nitrogens with two attached hydrogens (primary N) is 1. The summed E-state index contributed by atoms with van der Waals surface area (Å²) in [6.07, 6.45) is 0.922. The summed E-state index contributed by atoms with van der Waals surface area (Å²) in [6.45, 7) is 3.28. The highest BCUT2D eigenvalue weighted by molar-refractivity contribution is 5.95. The van der Waals surface area contributed by atoms with Crippen LogP contribution in [-0.2, 0) is 4.74 Å². The number of hydrogen-bond acceptors (Lipinski definition) is 3. The number of carbonyl (C=O) groups is 1. The molecule has 0 radical (unpaired) electrons. The minimum absolute atomic E-state index is 0.0231. The second-order valence-corrected chi connectivity index (χ2v) is 4.63. The van der Waals surface area contributed by atoms with Gasteiger partial charge in [0.15, 0.2) is 0 Å². The fourth-order valence-electron chi connectivity index (χ4n) is 2.06. The first-order valence-corrected chi connectivity index (χ1v) is 6.01. The van der Waals surface area contributed by atoms with Gasteiger partial charge in [-0.15, -0.1) is 0 Å². The summed E-state index contributed by atoms with van der Waals surface area (Å²) in [5, 5.41) is 2.80. The molecule has 98 valence electrons. The predicted molar refractivity (Wildman–Crippen MR) is 66.7 cm³/mol. The van der Waals surface area contributed by atoms with Crippen molar-refractivity contribution in [3.8, 4) is 0 Å². The number of halogens is 1. The van der Waals surface area contributed by atoms with Crippen LogP contribution in [0, 0.1) is 11.7 Å². The molecule has 1 amide bonds. The van der Waals surface area contributed by atoms with Crippen LogP contribution in [0.15, 0.2) is 18.2 Å². The summed E-state index contributed by atoms with van der Waals surface area (Å²) < 4.78 is 18.8. The first-order chi connectivity index (χ1) is 8.58. The fourth-order valence-corrected chi connectivity index (χ4v) is 2.06. The number of ether oxygens (including phenoxy) is 1. The van der Waals surface area contributed by atoms with Crippen LogP contribution >= 0.6 is 0 Å². The zero-order chi connectivity index (χ0) is 13.1. The number of carbonyl (C=O) groups excluding carboxylic acids is 1. The number of nitrogen functional groups attached to an aromatic ring is 1. The van der Waals surface area contributed by atoms with Crippen molar-refractivity contribution >= 4 is 11.6 Å². The van der Waals surface area contributed by atoms with Crippen molar-refractivity contribution in [2.75, 3.05) is 18.9 Å². The molecule has 2 unspecified atom stereocenters. The Balaban J connectivity index is 2.02. The predicted octanol–water partition coefficient (Wildman–Crippen LogP) is 1.56. The molecule has 0 aliphatic carbocycles. The summed E-state index contributed by atoms with van der Waals surface area (Å²) in [4.78, 5) is 11.9. The molecule has 1 aliphatic heterocycles. The zero-order valence-corrected chi connectivity index (χ0v) is 10.3. The maximum Gasteiger partial charge on any atom is 0.254 e. The Morgan fingerprint density at radius 2 is 2.39 bits per heavy atom. The van der Waals surface area contributed by atoms with E-state index in [-0.39, 0.29) is 11.6 Å². The second-order valence-electron chi connectivity index (χ2n) is 4.63. The largest absolute Gasteiger partial charge is 0.399 e. The van der Waals surface area contributed by atoms with Gasteiger partial charge < -0.3 is 15.8 Å². The molecule has 3 N–H and O–H groups in total. The van der Waals surface area contributed by atoms with Crippen molar-refractivity contribution in [1.82, 2.24) is 5.32 Å². The summed E-state index contributed by atoms with van der Waals surface area (Å²) >= 11 is 0. The number of benzene rings is 1. The molecule has 1 aromatic rings. The Labute approximate surface area is 105 Å². The lowest BCUT2D eigenvalue weighted by Gasteiger charge is -2.19. The molecule has 4 nitrogen and oxygen atoms in total. The van der Waals surface area contributed by atoms with Crippen molar-refractivity contribution in [3.05, 3.63) is 29.6 Å². The number of rotatable bonds is 3. The third-order valence-electron chi connectivity index (χ3n) is 3.27. The molecular weight excluding hydrogens is 235 g/mol. The van der Waals surface area contributed by atoms with Gasteiger partial charge in [0.1, 0.15) is 5.82 Å². The van der Waals surface area contributed by atoms with Gasteiger partial charge >= 0.3 is 0 Å². The Morgan fingerprint density at radius 1 is 1.61 bits per heavy atom. The number of hydrogen-bond donors (Lipinski definition) is 2. The Kier molecular flexibility index (Phi) is 3.81. The van der Waals surface area contributed by atoms with Crippen molar-refractivity contribution in [3.63, 3.8) is 0 Å². The SMILES string of the molecule is CC(NC(=O)c1ccc(N)cc1F)C1CCOC1. The summed E-state index contributed by atoms with van der Waals surface area (Å²) in [6, 6.07) is 4.04. The van der Waals surface area contributed by atoms with E-state index in [1.54, 1.807) is 0 Å². The monoisotopic (exact) mass is 252 g/mol. The molecule has 0 bridgehead atoms. The van der Waals surface area contributed by atoms with Crippen LogP contribution in [0.1, 0.15) is 23.7 Å². The maximum atomic E-state index is 13.6. The van der Waals surface area contributed by atoms with Crippen LogP contribution in [0.3, 0.4) is 0 Å². The van der Waals surface area contributed by atoms with Gasteiger partial charge in [0.2, 0.25) is 0 Å². The third-order valence-corrected chi connectivity index (χ3v) is 3.27. The van der Waals surface area contributed by atoms with Crippen molar-refractivity contribution in [2.45, 2.75) is 19.4 Å². The molecule has 2 rings (SSSR count). The highest BCUT2D eigenvalue weighted by atomic mass is 19.1. The molecule has 5 heteroatoms. The van der Waals surface area contributed by atoms with Crippen LogP contribution in [-0.4, -0.2) is 25.2 Å². The van der Waals surface area contributed by atoms with E-state index in [2.05, 4.69) is 5.32 Å². The minimum Gasteiger partial charge on any atom is -0.399 e. The molecule has 1 saturated heterocycles. The van der Waals surface area contributed by atoms with Crippen LogP contribution < -0.4 is 11.1 Å². The lowest BCUT2D eigenvalue weighted by atomic mass is 10.0. The highest BCUT2D eigenvalue weighted by Crippen LogP contribution is 2.17. The first-order valence-electron chi connectivity index (χ1n) is 6.01. The highest BCUT2D eigenvalue weighted by Gasteiger charge is 2.24. The van der Waals surface area contributed by atoms with Crippen LogP contribution in [0.5, 0.6) is 0 Å². The van der Waals surface area contributed by atoms with E-state index >= 15 is 0 Å². The molecule has 0 saturated carbocycles. The van der Waals surface area contributed by atoms with Crippen LogP contribution in [0.25, 0.3) is 0 Å². The van der Waals surface area contributed by atoms with Gasteiger partial charge in [-0.05, 0) is 31.5 Å². The summed E-state index contributed by atoms with van der Waals surface area (Å²) in [7, 11) is 0. The quantitative estimate of drug-likeness (QED) is 0.802. The average molecular weight is 252 g/mol. The number of amides is 1. The molecule has 0 aromatic heterocycles. The molecule has 1 aliphatic rings.